The third kappa shape index (κ3) is 5.89. The number of benzene rings is 1. The molecule has 1 aromatic rings. The molecule has 0 aliphatic heterocycles. The number of hydrogen-bond donors (Lipinski definition) is 2. The third-order valence-corrected chi connectivity index (χ3v) is 4.00. The van der Waals surface area contributed by atoms with Crippen molar-refractivity contribution in [2.75, 3.05) is 24.7 Å². The fourth-order valence-corrected chi connectivity index (χ4v) is 2.80. The summed E-state index contributed by atoms with van der Waals surface area (Å²) in [5.41, 5.74) is 2.67. The smallest absolute Gasteiger partial charge is 0.0438 e. The summed E-state index contributed by atoms with van der Waals surface area (Å²) in [5, 5.41) is 12.4. The highest BCUT2D eigenvalue weighted by molar-refractivity contribution is 7.99. The Morgan fingerprint density at radius 2 is 2.00 bits per heavy atom. The van der Waals surface area contributed by atoms with Gasteiger partial charge >= 0.3 is 0 Å². The maximum Gasteiger partial charge on any atom is 0.0438 e. The average molecular weight is 267 g/mol. The van der Waals surface area contributed by atoms with E-state index in [-0.39, 0.29) is 0 Å². The molecular weight excluding hydrogens is 242 g/mol. The number of rotatable bonds is 9. The first kappa shape index (κ1) is 15.5. The van der Waals surface area contributed by atoms with Crippen LogP contribution in [-0.2, 0) is 0 Å². The molecule has 0 aliphatic rings. The summed E-state index contributed by atoms with van der Waals surface area (Å²) in [5.74, 6) is 2.11. The molecule has 0 radical (unpaired) electrons. The Bertz CT molecular complexity index is 313. The maximum atomic E-state index is 8.79. The van der Waals surface area contributed by atoms with Crippen LogP contribution in [0.25, 0.3) is 0 Å². The van der Waals surface area contributed by atoms with Crippen LogP contribution in [0.1, 0.15) is 36.9 Å². The first-order chi connectivity index (χ1) is 8.77. The lowest BCUT2D eigenvalue weighted by Gasteiger charge is -2.19. The van der Waals surface area contributed by atoms with E-state index in [2.05, 4.69) is 43.4 Å². The van der Waals surface area contributed by atoms with E-state index in [4.69, 9.17) is 5.11 Å². The monoisotopic (exact) mass is 267 g/mol. The summed E-state index contributed by atoms with van der Waals surface area (Å²) in [4.78, 5) is 0. The molecule has 1 aromatic carbocycles. The second-order valence-corrected chi connectivity index (χ2v) is 5.72. The summed E-state index contributed by atoms with van der Waals surface area (Å²) < 4.78 is 0. The van der Waals surface area contributed by atoms with E-state index in [9.17, 15) is 0 Å². The number of hydrogen-bond acceptors (Lipinski definition) is 3. The number of aryl methyl sites for hydroxylation is 1. The summed E-state index contributed by atoms with van der Waals surface area (Å²) in [7, 11) is 0. The predicted molar refractivity (Wildman–Crippen MR) is 81.2 cm³/mol. The zero-order valence-electron chi connectivity index (χ0n) is 11.5. The van der Waals surface area contributed by atoms with E-state index in [0.29, 0.717) is 12.6 Å². The van der Waals surface area contributed by atoms with Gasteiger partial charge in [0.2, 0.25) is 0 Å². The quantitative estimate of drug-likeness (QED) is 0.674. The highest BCUT2D eigenvalue weighted by Crippen LogP contribution is 2.19. The van der Waals surface area contributed by atoms with E-state index >= 15 is 0 Å². The van der Waals surface area contributed by atoms with E-state index in [1.807, 2.05) is 11.8 Å². The first-order valence-electron chi connectivity index (χ1n) is 6.76. The zero-order valence-corrected chi connectivity index (χ0v) is 12.3. The van der Waals surface area contributed by atoms with Crippen molar-refractivity contribution in [2.24, 2.45) is 0 Å². The van der Waals surface area contributed by atoms with E-state index in [1.54, 1.807) is 0 Å². The Balaban J connectivity index is 2.51. The van der Waals surface area contributed by atoms with Crippen molar-refractivity contribution in [3.05, 3.63) is 35.4 Å². The van der Waals surface area contributed by atoms with Gasteiger partial charge in [0.1, 0.15) is 0 Å². The Morgan fingerprint density at radius 1 is 1.28 bits per heavy atom. The predicted octanol–water partition coefficient (Wildman–Crippen LogP) is 3.15. The molecule has 0 fully saturated rings. The summed E-state index contributed by atoms with van der Waals surface area (Å²) in [6.07, 6.45) is 2.04. The van der Waals surface area contributed by atoms with Crippen LogP contribution in [0.2, 0.25) is 0 Å². The Labute approximate surface area is 115 Å². The van der Waals surface area contributed by atoms with Crippen LogP contribution in [0.5, 0.6) is 0 Å². The van der Waals surface area contributed by atoms with Crippen molar-refractivity contribution < 1.29 is 5.11 Å². The molecule has 0 saturated carbocycles. The van der Waals surface area contributed by atoms with Gasteiger partial charge in [-0.05, 0) is 37.6 Å². The molecule has 0 spiro atoms. The fraction of sp³-hybridized carbons (Fsp3) is 0.600. The molecule has 0 heterocycles. The van der Waals surface area contributed by atoms with Crippen molar-refractivity contribution in [3.63, 3.8) is 0 Å². The number of nitrogens with one attached hydrogen (secondary N) is 1. The van der Waals surface area contributed by atoms with Gasteiger partial charge in [-0.3, -0.25) is 0 Å². The second-order valence-electron chi connectivity index (χ2n) is 4.57. The standard InChI is InChI=1S/C15H25NOS/c1-3-9-16-15(12-18-11-4-10-17)14-7-5-13(2)6-8-14/h5-8,15-17H,3-4,9-12H2,1-2H3. The molecule has 3 heteroatoms. The van der Waals surface area contributed by atoms with Gasteiger partial charge in [-0.15, -0.1) is 0 Å². The molecule has 0 bridgehead atoms. The minimum absolute atomic E-state index is 0.296. The lowest BCUT2D eigenvalue weighted by Crippen LogP contribution is -2.24. The molecule has 2 N–H and O–H groups in total. The number of aliphatic hydroxyl groups is 1. The van der Waals surface area contributed by atoms with Crippen LogP contribution in [0, 0.1) is 6.92 Å². The third-order valence-electron chi connectivity index (χ3n) is 2.85. The Hall–Kier alpha value is -0.510. The van der Waals surface area contributed by atoms with Crippen LogP contribution in [0.4, 0.5) is 0 Å². The normalized spacial score (nSPS) is 12.6. The van der Waals surface area contributed by atoms with Gasteiger partial charge in [-0.2, -0.15) is 11.8 Å². The van der Waals surface area contributed by atoms with Gasteiger partial charge in [-0.25, -0.2) is 0 Å². The molecule has 0 amide bonds. The lowest BCUT2D eigenvalue weighted by molar-refractivity contribution is 0.296. The SMILES string of the molecule is CCCNC(CSCCCO)c1ccc(C)cc1. The Kier molecular flexibility index (Phi) is 8.14. The van der Waals surface area contributed by atoms with Crippen molar-refractivity contribution in [3.8, 4) is 0 Å². The summed E-state index contributed by atoms with van der Waals surface area (Å²) >= 11 is 1.91. The fourth-order valence-electron chi connectivity index (χ4n) is 1.76. The van der Waals surface area contributed by atoms with E-state index < -0.39 is 0 Å². The van der Waals surface area contributed by atoms with Crippen LogP contribution in [0.3, 0.4) is 0 Å². The average Bonchev–Trinajstić information content (AvgIpc) is 2.39. The van der Waals surface area contributed by atoms with Crippen LogP contribution >= 0.6 is 11.8 Å². The molecule has 0 aliphatic carbocycles. The van der Waals surface area contributed by atoms with Gasteiger partial charge in [0.05, 0.1) is 0 Å². The van der Waals surface area contributed by atoms with Gasteiger partial charge in [-0.1, -0.05) is 36.8 Å². The first-order valence-corrected chi connectivity index (χ1v) is 7.92. The molecule has 0 aromatic heterocycles. The molecule has 1 unspecified atom stereocenters. The molecule has 1 rings (SSSR count). The maximum absolute atomic E-state index is 8.79. The largest absolute Gasteiger partial charge is 0.396 e. The van der Waals surface area contributed by atoms with Crippen LogP contribution in [0.15, 0.2) is 24.3 Å². The lowest BCUT2D eigenvalue weighted by atomic mass is 10.1. The minimum atomic E-state index is 0.296. The van der Waals surface area contributed by atoms with Crippen LogP contribution in [-0.4, -0.2) is 29.8 Å². The molecular formula is C15H25NOS. The molecule has 18 heavy (non-hydrogen) atoms. The second kappa shape index (κ2) is 9.42. The van der Waals surface area contributed by atoms with Gasteiger partial charge in [0.15, 0.2) is 0 Å². The van der Waals surface area contributed by atoms with Gasteiger partial charge in [0.25, 0.3) is 0 Å². The molecule has 2 nitrogen and oxygen atoms in total. The van der Waals surface area contributed by atoms with Crippen LogP contribution < -0.4 is 5.32 Å². The van der Waals surface area contributed by atoms with Gasteiger partial charge < -0.3 is 10.4 Å². The highest BCUT2D eigenvalue weighted by Gasteiger charge is 2.10. The number of thioether (sulfide) groups is 1. The van der Waals surface area contributed by atoms with Gasteiger partial charge in [0, 0.05) is 18.4 Å². The molecule has 1 atom stereocenters. The highest BCUT2D eigenvalue weighted by atomic mass is 32.2. The summed E-state index contributed by atoms with van der Waals surface area (Å²) in [6.45, 7) is 5.66. The summed E-state index contributed by atoms with van der Waals surface area (Å²) in [6, 6.07) is 9.21. The number of aliphatic hydroxyl groups excluding tert-OH is 1. The van der Waals surface area contributed by atoms with Crippen molar-refractivity contribution >= 4 is 11.8 Å². The topological polar surface area (TPSA) is 32.3 Å². The zero-order chi connectivity index (χ0) is 13.2. The minimum Gasteiger partial charge on any atom is -0.396 e. The molecule has 0 saturated heterocycles. The van der Waals surface area contributed by atoms with E-state index in [1.165, 1.54) is 11.1 Å². The molecule has 102 valence electrons. The van der Waals surface area contributed by atoms with E-state index in [0.717, 1.165) is 30.9 Å². The van der Waals surface area contributed by atoms with Crippen molar-refractivity contribution in [1.29, 1.82) is 0 Å². The Morgan fingerprint density at radius 3 is 2.61 bits per heavy atom. The van der Waals surface area contributed by atoms with Crippen molar-refractivity contribution in [1.82, 2.24) is 5.32 Å². The van der Waals surface area contributed by atoms with Crippen molar-refractivity contribution in [2.45, 2.75) is 32.7 Å².